The summed E-state index contributed by atoms with van der Waals surface area (Å²) in [6, 6.07) is 20.3. The molecule has 0 radical (unpaired) electrons. The zero-order valence-corrected chi connectivity index (χ0v) is 17.3. The lowest BCUT2D eigenvalue weighted by Gasteiger charge is -2.22. The van der Waals surface area contributed by atoms with E-state index in [2.05, 4.69) is 5.32 Å². The molecule has 7 heteroatoms. The van der Waals surface area contributed by atoms with E-state index in [9.17, 15) is 14.9 Å². The van der Waals surface area contributed by atoms with E-state index in [-0.39, 0.29) is 17.5 Å². The molecule has 0 aliphatic carbocycles. The van der Waals surface area contributed by atoms with Crippen LogP contribution < -0.4 is 10.1 Å². The summed E-state index contributed by atoms with van der Waals surface area (Å²) in [4.78, 5) is 23.6. The standard InChI is InChI=1S/C23H21ClN2O4/c1-15(2)22(16-8-11-18(12-9-16)26(28)29)23(27)25-20-14-17(24)10-13-21(20)30-19-6-4-3-5-7-19/h3-15,22H,1-2H3,(H,25,27). The molecule has 3 aromatic rings. The second-order valence-electron chi connectivity index (χ2n) is 7.12. The fourth-order valence-electron chi connectivity index (χ4n) is 3.16. The van der Waals surface area contributed by atoms with Crippen LogP contribution in [-0.2, 0) is 4.79 Å². The highest BCUT2D eigenvalue weighted by Gasteiger charge is 2.26. The number of nitrogens with zero attached hydrogens (tertiary/aromatic N) is 1. The number of nitro groups is 1. The van der Waals surface area contributed by atoms with Gasteiger partial charge in [-0.15, -0.1) is 0 Å². The molecule has 0 saturated heterocycles. The van der Waals surface area contributed by atoms with Crippen LogP contribution in [0.2, 0.25) is 5.02 Å². The van der Waals surface area contributed by atoms with Crippen molar-refractivity contribution in [2.75, 3.05) is 5.32 Å². The number of nitrogens with one attached hydrogen (secondary N) is 1. The van der Waals surface area contributed by atoms with Gasteiger partial charge in [0.1, 0.15) is 5.75 Å². The third kappa shape index (κ3) is 5.15. The van der Waals surface area contributed by atoms with Crippen LogP contribution in [0, 0.1) is 16.0 Å². The van der Waals surface area contributed by atoms with Crippen LogP contribution >= 0.6 is 11.6 Å². The summed E-state index contributed by atoms with van der Waals surface area (Å²) < 4.78 is 5.91. The summed E-state index contributed by atoms with van der Waals surface area (Å²) >= 11 is 6.14. The Morgan fingerprint density at radius 2 is 1.70 bits per heavy atom. The molecule has 3 aromatic carbocycles. The van der Waals surface area contributed by atoms with Crippen molar-refractivity contribution in [3.05, 3.63) is 93.5 Å². The molecule has 0 aliphatic rings. The molecule has 1 atom stereocenters. The van der Waals surface area contributed by atoms with Gasteiger partial charge in [-0.2, -0.15) is 0 Å². The number of carbonyl (C=O) groups excluding carboxylic acids is 1. The third-order valence-corrected chi connectivity index (χ3v) is 4.82. The van der Waals surface area contributed by atoms with Gasteiger partial charge < -0.3 is 10.1 Å². The first kappa shape index (κ1) is 21.3. The number of amides is 1. The van der Waals surface area contributed by atoms with Crippen molar-refractivity contribution in [3.63, 3.8) is 0 Å². The molecule has 0 spiro atoms. The molecule has 1 unspecified atom stereocenters. The van der Waals surface area contributed by atoms with Crippen LogP contribution in [0.3, 0.4) is 0 Å². The molecule has 154 valence electrons. The van der Waals surface area contributed by atoms with Crippen molar-refractivity contribution in [3.8, 4) is 11.5 Å². The molecule has 3 rings (SSSR count). The van der Waals surface area contributed by atoms with Gasteiger partial charge in [-0.05, 0) is 41.8 Å². The maximum absolute atomic E-state index is 13.1. The number of halogens is 1. The Labute approximate surface area is 179 Å². The zero-order chi connectivity index (χ0) is 21.7. The van der Waals surface area contributed by atoms with E-state index in [0.29, 0.717) is 27.8 Å². The largest absolute Gasteiger partial charge is 0.455 e. The van der Waals surface area contributed by atoms with Crippen molar-refractivity contribution < 1.29 is 14.5 Å². The lowest BCUT2D eigenvalue weighted by Crippen LogP contribution is -2.25. The molecule has 1 N–H and O–H groups in total. The summed E-state index contributed by atoms with van der Waals surface area (Å²) in [6.45, 7) is 3.84. The highest BCUT2D eigenvalue weighted by Crippen LogP contribution is 2.34. The van der Waals surface area contributed by atoms with Crippen molar-refractivity contribution in [1.82, 2.24) is 0 Å². The van der Waals surface area contributed by atoms with E-state index >= 15 is 0 Å². The summed E-state index contributed by atoms with van der Waals surface area (Å²) in [7, 11) is 0. The minimum absolute atomic E-state index is 0.0185. The molecule has 0 aliphatic heterocycles. The van der Waals surface area contributed by atoms with Gasteiger partial charge in [0, 0.05) is 17.2 Å². The van der Waals surface area contributed by atoms with E-state index in [1.807, 2.05) is 44.2 Å². The Balaban J connectivity index is 1.87. The van der Waals surface area contributed by atoms with E-state index in [1.54, 1.807) is 30.3 Å². The number of anilines is 1. The molecular weight excluding hydrogens is 404 g/mol. The third-order valence-electron chi connectivity index (χ3n) is 4.58. The lowest BCUT2D eigenvalue weighted by molar-refractivity contribution is -0.384. The molecule has 0 saturated carbocycles. The quantitative estimate of drug-likeness (QED) is 0.350. The molecule has 1 amide bonds. The number of hydrogen-bond acceptors (Lipinski definition) is 4. The molecule has 30 heavy (non-hydrogen) atoms. The van der Waals surface area contributed by atoms with Gasteiger partial charge in [0.25, 0.3) is 5.69 Å². The van der Waals surface area contributed by atoms with Crippen molar-refractivity contribution in [1.29, 1.82) is 0 Å². The topological polar surface area (TPSA) is 81.5 Å². The van der Waals surface area contributed by atoms with Gasteiger partial charge in [0.15, 0.2) is 5.75 Å². The second kappa shape index (κ2) is 9.41. The number of carbonyl (C=O) groups is 1. The monoisotopic (exact) mass is 424 g/mol. The normalized spacial score (nSPS) is 11.7. The van der Waals surface area contributed by atoms with E-state index < -0.39 is 10.8 Å². The van der Waals surface area contributed by atoms with Gasteiger partial charge in [-0.3, -0.25) is 14.9 Å². The summed E-state index contributed by atoms with van der Waals surface area (Å²) in [5.41, 5.74) is 1.12. The van der Waals surface area contributed by atoms with Gasteiger partial charge in [0.05, 0.1) is 16.5 Å². The number of para-hydroxylation sites is 1. The fraction of sp³-hybridized carbons (Fsp3) is 0.174. The first-order valence-corrected chi connectivity index (χ1v) is 9.80. The van der Waals surface area contributed by atoms with E-state index in [0.717, 1.165) is 0 Å². The lowest BCUT2D eigenvalue weighted by atomic mass is 9.87. The first-order valence-electron chi connectivity index (χ1n) is 9.43. The number of ether oxygens (including phenoxy) is 1. The molecule has 0 bridgehead atoms. The first-order chi connectivity index (χ1) is 14.3. The Kier molecular flexibility index (Phi) is 6.69. The molecule has 0 heterocycles. The maximum atomic E-state index is 13.1. The molecule has 6 nitrogen and oxygen atoms in total. The minimum Gasteiger partial charge on any atom is -0.455 e. The predicted molar refractivity (Wildman–Crippen MR) is 117 cm³/mol. The fourth-order valence-corrected chi connectivity index (χ4v) is 3.33. The Morgan fingerprint density at radius 1 is 1.03 bits per heavy atom. The van der Waals surface area contributed by atoms with Crippen molar-refractivity contribution >= 4 is 28.9 Å². The van der Waals surface area contributed by atoms with Gasteiger partial charge in [0.2, 0.25) is 5.91 Å². The number of non-ortho nitro benzene ring substituents is 1. The SMILES string of the molecule is CC(C)C(C(=O)Nc1cc(Cl)ccc1Oc1ccccc1)c1ccc([N+](=O)[O-])cc1. The maximum Gasteiger partial charge on any atom is 0.269 e. The molecular formula is C23H21ClN2O4. The van der Waals surface area contributed by atoms with Gasteiger partial charge in [-0.1, -0.05) is 55.8 Å². The summed E-state index contributed by atoms with van der Waals surface area (Å²) in [6.07, 6.45) is 0. The summed E-state index contributed by atoms with van der Waals surface area (Å²) in [5.74, 6) is 0.300. The molecule has 0 aromatic heterocycles. The highest BCUT2D eigenvalue weighted by atomic mass is 35.5. The Hall–Kier alpha value is -3.38. The van der Waals surface area contributed by atoms with Crippen molar-refractivity contribution in [2.24, 2.45) is 5.92 Å². The van der Waals surface area contributed by atoms with Crippen LogP contribution in [0.5, 0.6) is 11.5 Å². The van der Waals surface area contributed by atoms with Gasteiger partial charge >= 0.3 is 0 Å². The van der Waals surface area contributed by atoms with Crippen LogP contribution in [0.25, 0.3) is 0 Å². The average molecular weight is 425 g/mol. The number of rotatable bonds is 7. The van der Waals surface area contributed by atoms with E-state index in [1.165, 1.54) is 12.1 Å². The smallest absolute Gasteiger partial charge is 0.269 e. The van der Waals surface area contributed by atoms with Crippen LogP contribution in [0.15, 0.2) is 72.8 Å². The van der Waals surface area contributed by atoms with Crippen LogP contribution in [0.4, 0.5) is 11.4 Å². The van der Waals surface area contributed by atoms with Crippen LogP contribution in [0.1, 0.15) is 25.3 Å². The highest BCUT2D eigenvalue weighted by molar-refractivity contribution is 6.31. The predicted octanol–water partition coefficient (Wildman–Crippen LogP) is 6.42. The van der Waals surface area contributed by atoms with Crippen molar-refractivity contribution in [2.45, 2.75) is 19.8 Å². The van der Waals surface area contributed by atoms with Gasteiger partial charge in [-0.25, -0.2) is 0 Å². The minimum atomic E-state index is -0.505. The second-order valence-corrected chi connectivity index (χ2v) is 7.55. The zero-order valence-electron chi connectivity index (χ0n) is 16.5. The average Bonchev–Trinajstić information content (AvgIpc) is 2.71. The summed E-state index contributed by atoms with van der Waals surface area (Å²) in [5, 5.41) is 14.3. The Morgan fingerprint density at radius 3 is 2.30 bits per heavy atom. The van der Waals surface area contributed by atoms with E-state index in [4.69, 9.17) is 16.3 Å². The number of nitro benzene ring substituents is 1. The van der Waals surface area contributed by atoms with Crippen LogP contribution in [-0.4, -0.2) is 10.8 Å². The number of hydrogen-bond donors (Lipinski definition) is 1. The number of benzene rings is 3. The molecule has 0 fully saturated rings. The Bertz CT molecular complexity index is 1040.